The average Bonchev–Trinajstić information content (AvgIpc) is 2.44. The van der Waals surface area contributed by atoms with E-state index in [1.165, 1.54) is 0 Å². The molecule has 1 nitrogen and oxygen atoms in total. The van der Waals surface area contributed by atoms with Crippen LogP contribution in [0.1, 0.15) is 31.0 Å². The van der Waals surface area contributed by atoms with Gasteiger partial charge >= 0.3 is 0 Å². The van der Waals surface area contributed by atoms with Crippen molar-refractivity contribution in [3.05, 3.63) is 68.7 Å². The summed E-state index contributed by atoms with van der Waals surface area (Å²) in [5, 5.41) is 5.54. The number of hydrogen-bond donors (Lipinski definition) is 1. The van der Waals surface area contributed by atoms with Crippen LogP contribution in [0.3, 0.4) is 0 Å². The van der Waals surface area contributed by atoms with Gasteiger partial charge in [0.1, 0.15) is 0 Å². The molecule has 0 saturated heterocycles. The first kappa shape index (κ1) is 16.6. The van der Waals surface area contributed by atoms with Crippen LogP contribution in [0, 0.1) is 0 Å². The third-order valence-electron chi connectivity index (χ3n) is 3.47. The SMILES string of the molecule is CC(Cc1ccccc1Cl)NC(C)c1cccc(Cl)c1Cl. The lowest BCUT2D eigenvalue weighted by Crippen LogP contribution is -2.31. The van der Waals surface area contributed by atoms with E-state index in [1.54, 1.807) is 6.07 Å². The third-order valence-corrected chi connectivity index (χ3v) is 4.67. The standard InChI is InChI=1S/C17H18Cl3N/c1-11(10-13-6-3-4-8-15(13)18)21-12(2)14-7-5-9-16(19)17(14)20/h3-9,11-12,21H,10H2,1-2H3. The first-order chi connectivity index (χ1) is 9.99. The highest BCUT2D eigenvalue weighted by Gasteiger charge is 2.15. The Balaban J connectivity index is 2.04. The zero-order valence-electron chi connectivity index (χ0n) is 12.0. The minimum atomic E-state index is 0.119. The molecule has 2 unspecified atom stereocenters. The minimum Gasteiger partial charge on any atom is -0.307 e. The first-order valence-corrected chi connectivity index (χ1v) is 8.05. The van der Waals surface area contributed by atoms with Crippen LogP contribution in [-0.2, 0) is 6.42 Å². The summed E-state index contributed by atoms with van der Waals surface area (Å²) in [7, 11) is 0. The Morgan fingerprint density at radius 1 is 0.905 bits per heavy atom. The minimum absolute atomic E-state index is 0.119. The van der Waals surface area contributed by atoms with Gasteiger partial charge in [0.05, 0.1) is 10.0 Å². The monoisotopic (exact) mass is 341 g/mol. The van der Waals surface area contributed by atoms with E-state index in [2.05, 4.69) is 25.2 Å². The molecule has 2 aromatic rings. The molecule has 0 saturated carbocycles. The normalized spacial score (nSPS) is 14.0. The highest BCUT2D eigenvalue weighted by molar-refractivity contribution is 6.42. The van der Waals surface area contributed by atoms with Gasteiger partial charge in [0, 0.05) is 17.1 Å². The average molecular weight is 343 g/mol. The van der Waals surface area contributed by atoms with Crippen LogP contribution in [0.25, 0.3) is 0 Å². The van der Waals surface area contributed by atoms with Crippen molar-refractivity contribution in [2.75, 3.05) is 0 Å². The predicted octanol–water partition coefficient (Wildman–Crippen LogP) is 5.93. The molecule has 2 atom stereocenters. The molecule has 4 heteroatoms. The Morgan fingerprint density at radius 3 is 2.29 bits per heavy atom. The van der Waals surface area contributed by atoms with E-state index in [1.807, 2.05) is 30.3 Å². The maximum absolute atomic E-state index is 6.26. The van der Waals surface area contributed by atoms with Gasteiger partial charge in [-0.25, -0.2) is 0 Å². The molecule has 2 aromatic carbocycles. The van der Waals surface area contributed by atoms with E-state index in [9.17, 15) is 0 Å². The second-order valence-corrected chi connectivity index (χ2v) is 6.42. The van der Waals surface area contributed by atoms with Gasteiger partial charge in [-0.2, -0.15) is 0 Å². The highest BCUT2D eigenvalue weighted by atomic mass is 35.5. The molecule has 0 heterocycles. The van der Waals surface area contributed by atoms with Gasteiger partial charge < -0.3 is 5.32 Å². The van der Waals surface area contributed by atoms with Crippen molar-refractivity contribution in [1.82, 2.24) is 5.32 Å². The molecule has 0 aliphatic carbocycles. The Labute approximate surface area is 141 Å². The van der Waals surface area contributed by atoms with Crippen molar-refractivity contribution < 1.29 is 0 Å². The summed E-state index contributed by atoms with van der Waals surface area (Å²) in [6.07, 6.45) is 0.863. The summed E-state index contributed by atoms with van der Waals surface area (Å²) >= 11 is 18.5. The molecule has 0 aliphatic heterocycles. The molecule has 0 aromatic heterocycles. The smallest absolute Gasteiger partial charge is 0.0639 e. The molecule has 0 bridgehead atoms. The largest absolute Gasteiger partial charge is 0.307 e. The Kier molecular flexibility index (Phi) is 5.95. The fraction of sp³-hybridized carbons (Fsp3) is 0.294. The second kappa shape index (κ2) is 7.51. The second-order valence-electron chi connectivity index (χ2n) is 5.23. The summed E-state index contributed by atoms with van der Waals surface area (Å²) in [6.45, 7) is 4.22. The van der Waals surface area contributed by atoms with E-state index in [4.69, 9.17) is 34.8 Å². The summed E-state index contributed by atoms with van der Waals surface area (Å²) in [4.78, 5) is 0. The lowest BCUT2D eigenvalue weighted by atomic mass is 10.0. The number of rotatable bonds is 5. The van der Waals surface area contributed by atoms with Crippen molar-refractivity contribution in [3.8, 4) is 0 Å². The van der Waals surface area contributed by atoms with Crippen molar-refractivity contribution in [2.45, 2.75) is 32.4 Å². The fourth-order valence-corrected chi connectivity index (χ4v) is 3.11. The number of halogens is 3. The topological polar surface area (TPSA) is 12.0 Å². The van der Waals surface area contributed by atoms with Crippen LogP contribution in [0.4, 0.5) is 0 Å². The van der Waals surface area contributed by atoms with Crippen LogP contribution < -0.4 is 5.32 Å². The summed E-state index contributed by atoms with van der Waals surface area (Å²) in [5.74, 6) is 0. The van der Waals surface area contributed by atoms with Crippen molar-refractivity contribution in [3.63, 3.8) is 0 Å². The molecule has 0 radical (unpaired) electrons. The molecule has 21 heavy (non-hydrogen) atoms. The van der Waals surface area contributed by atoms with Crippen LogP contribution in [-0.4, -0.2) is 6.04 Å². The molecule has 1 N–H and O–H groups in total. The quantitative estimate of drug-likeness (QED) is 0.710. The Bertz CT molecular complexity index is 613. The Hall–Kier alpha value is -0.730. The molecule has 0 amide bonds. The van der Waals surface area contributed by atoms with Gasteiger partial charge in [0.25, 0.3) is 0 Å². The van der Waals surface area contributed by atoms with Gasteiger partial charge in [-0.3, -0.25) is 0 Å². The molecule has 2 rings (SSSR count). The van der Waals surface area contributed by atoms with Crippen molar-refractivity contribution >= 4 is 34.8 Å². The fourth-order valence-electron chi connectivity index (χ4n) is 2.42. The van der Waals surface area contributed by atoms with Crippen LogP contribution in [0.15, 0.2) is 42.5 Å². The number of benzene rings is 2. The zero-order valence-corrected chi connectivity index (χ0v) is 14.3. The predicted molar refractivity (Wildman–Crippen MR) is 92.6 cm³/mol. The highest BCUT2D eigenvalue weighted by Crippen LogP contribution is 2.30. The van der Waals surface area contributed by atoms with E-state index in [-0.39, 0.29) is 12.1 Å². The number of nitrogens with one attached hydrogen (secondary N) is 1. The van der Waals surface area contributed by atoms with Crippen LogP contribution in [0.2, 0.25) is 15.1 Å². The number of hydrogen-bond acceptors (Lipinski definition) is 1. The molecular weight excluding hydrogens is 325 g/mol. The molecule has 112 valence electrons. The zero-order chi connectivity index (χ0) is 15.4. The lowest BCUT2D eigenvalue weighted by molar-refractivity contribution is 0.477. The van der Waals surface area contributed by atoms with Gasteiger partial charge in [0.15, 0.2) is 0 Å². The van der Waals surface area contributed by atoms with Crippen LogP contribution >= 0.6 is 34.8 Å². The van der Waals surface area contributed by atoms with Gasteiger partial charge in [-0.05, 0) is 43.5 Å². The van der Waals surface area contributed by atoms with E-state index < -0.39 is 0 Å². The maximum atomic E-state index is 6.26. The first-order valence-electron chi connectivity index (χ1n) is 6.92. The summed E-state index contributed by atoms with van der Waals surface area (Å²) in [6, 6.07) is 14.0. The van der Waals surface area contributed by atoms with E-state index in [0.29, 0.717) is 10.0 Å². The lowest BCUT2D eigenvalue weighted by Gasteiger charge is -2.22. The van der Waals surface area contributed by atoms with E-state index in [0.717, 1.165) is 22.6 Å². The maximum Gasteiger partial charge on any atom is 0.0639 e. The van der Waals surface area contributed by atoms with Gasteiger partial charge in [-0.1, -0.05) is 65.1 Å². The molecule has 0 spiro atoms. The van der Waals surface area contributed by atoms with Gasteiger partial charge in [-0.15, -0.1) is 0 Å². The van der Waals surface area contributed by atoms with Crippen LogP contribution in [0.5, 0.6) is 0 Å². The molecular formula is C17H18Cl3N. The molecule has 0 aliphatic rings. The van der Waals surface area contributed by atoms with Crippen molar-refractivity contribution in [2.24, 2.45) is 0 Å². The molecule has 0 fully saturated rings. The van der Waals surface area contributed by atoms with Crippen molar-refractivity contribution in [1.29, 1.82) is 0 Å². The summed E-state index contributed by atoms with van der Waals surface area (Å²) < 4.78 is 0. The Morgan fingerprint density at radius 2 is 1.57 bits per heavy atom. The van der Waals surface area contributed by atoms with E-state index >= 15 is 0 Å². The summed E-state index contributed by atoms with van der Waals surface area (Å²) in [5.41, 5.74) is 2.15. The van der Waals surface area contributed by atoms with Gasteiger partial charge in [0.2, 0.25) is 0 Å². The third kappa shape index (κ3) is 4.37.